The first kappa shape index (κ1) is 17.6. The molecule has 4 heterocycles. The highest BCUT2D eigenvalue weighted by molar-refractivity contribution is 5.92. The van der Waals surface area contributed by atoms with Gasteiger partial charge in [0.1, 0.15) is 6.04 Å². The maximum atomic E-state index is 13.0. The first-order valence-electron chi connectivity index (χ1n) is 9.42. The highest BCUT2D eigenvalue weighted by Crippen LogP contribution is 2.33. The molecule has 144 valence electrons. The summed E-state index contributed by atoms with van der Waals surface area (Å²) in [6.45, 7) is 2.61. The number of hydrogen-bond donors (Lipinski definition) is 1. The molecule has 27 heavy (non-hydrogen) atoms. The van der Waals surface area contributed by atoms with Crippen molar-refractivity contribution >= 4 is 23.5 Å². The lowest BCUT2D eigenvalue weighted by Crippen LogP contribution is -2.35. The van der Waals surface area contributed by atoms with E-state index in [4.69, 9.17) is 4.52 Å². The summed E-state index contributed by atoms with van der Waals surface area (Å²) in [5.41, 5.74) is 0.745. The van der Waals surface area contributed by atoms with E-state index in [1.807, 2.05) is 26.2 Å². The molecule has 0 aromatic carbocycles. The molecular formula is C18H25N7O2. The Kier molecular flexibility index (Phi) is 4.83. The van der Waals surface area contributed by atoms with Crippen molar-refractivity contribution in [3.63, 3.8) is 0 Å². The van der Waals surface area contributed by atoms with Gasteiger partial charge in [0.15, 0.2) is 5.82 Å². The van der Waals surface area contributed by atoms with E-state index in [9.17, 15) is 4.79 Å². The van der Waals surface area contributed by atoms with Crippen LogP contribution in [0.25, 0.3) is 0 Å². The normalized spacial score (nSPS) is 19.6. The Labute approximate surface area is 158 Å². The molecule has 9 heteroatoms. The summed E-state index contributed by atoms with van der Waals surface area (Å²) in [6.07, 6.45) is 5.80. The van der Waals surface area contributed by atoms with Gasteiger partial charge in [0.05, 0.1) is 5.69 Å². The van der Waals surface area contributed by atoms with Gasteiger partial charge in [-0.1, -0.05) is 0 Å². The van der Waals surface area contributed by atoms with E-state index in [2.05, 4.69) is 25.3 Å². The molecule has 9 nitrogen and oxygen atoms in total. The third-order valence-corrected chi connectivity index (χ3v) is 5.06. The minimum Gasteiger partial charge on any atom is -0.355 e. The third-order valence-electron chi connectivity index (χ3n) is 5.06. The quantitative estimate of drug-likeness (QED) is 0.883. The maximum absolute atomic E-state index is 13.0. The van der Waals surface area contributed by atoms with Gasteiger partial charge >= 0.3 is 6.03 Å². The second-order valence-electron chi connectivity index (χ2n) is 7.18. The zero-order chi connectivity index (χ0) is 18.8. The summed E-state index contributed by atoms with van der Waals surface area (Å²) in [4.78, 5) is 27.7. The number of carbonyl (C=O) groups excluding carboxylic acids is 1. The zero-order valence-corrected chi connectivity index (χ0v) is 15.8. The Balaban J connectivity index is 1.50. The first-order valence-corrected chi connectivity index (χ1v) is 9.42. The molecule has 1 atom stereocenters. The lowest BCUT2D eigenvalue weighted by molar-refractivity contribution is 0.193. The van der Waals surface area contributed by atoms with Gasteiger partial charge in [0.25, 0.3) is 11.8 Å². The van der Waals surface area contributed by atoms with Crippen molar-refractivity contribution in [1.82, 2.24) is 20.0 Å². The number of likely N-dealkylation sites (tertiary alicyclic amines) is 1. The summed E-state index contributed by atoms with van der Waals surface area (Å²) in [7, 11) is 3.71. The summed E-state index contributed by atoms with van der Waals surface area (Å²) >= 11 is 0. The topological polar surface area (TPSA) is 90.6 Å². The fourth-order valence-electron chi connectivity index (χ4n) is 3.67. The van der Waals surface area contributed by atoms with Gasteiger partial charge in [-0.25, -0.2) is 9.78 Å². The monoisotopic (exact) mass is 371 g/mol. The molecule has 0 radical (unpaired) electrons. The van der Waals surface area contributed by atoms with Crippen molar-refractivity contribution in [2.75, 3.05) is 48.8 Å². The molecule has 2 aromatic rings. The third kappa shape index (κ3) is 3.54. The second-order valence-corrected chi connectivity index (χ2v) is 7.18. The molecule has 0 saturated carbocycles. The average Bonchev–Trinajstić information content (AvgIpc) is 3.41. The molecule has 1 N–H and O–H groups in total. The fraction of sp³-hybridized carbons (Fsp3) is 0.556. The molecule has 2 aromatic heterocycles. The van der Waals surface area contributed by atoms with Crippen LogP contribution in [0, 0.1) is 0 Å². The van der Waals surface area contributed by atoms with Crippen molar-refractivity contribution in [2.45, 2.75) is 31.7 Å². The van der Waals surface area contributed by atoms with Gasteiger partial charge < -0.3 is 24.5 Å². The van der Waals surface area contributed by atoms with Crippen molar-refractivity contribution in [1.29, 1.82) is 0 Å². The van der Waals surface area contributed by atoms with Crippen molar-refractivity contribution in [2.24, 2.45) is 0 Å². The van der Waals surface area contributed by atoms with Crippen molar-refractivity contribution < 1.29 is 9.32 Å². The van der Waals surface area contributed by atoms with E-state index in [1.165, 1.54) is 0 Å². The predicted octanol–water partition coefficient (Wildman–Crippen LogP) is 2.50. The Morgan fingerprint density at radius 3 is 2.81 bits per heavy atom. The molecule has 2 aliphatic rings. The summed E-state index contributed by atoms with van der Waals surface area (Å²) < 4.78 is 5.40. The minimum absolute atomic E-state index is 0.157. The molecule has 0 unspecified atom stereocenters. The lowest BCUT2D eigenvalue weighted by atomic mass is 10.2. The zero-order valence-electron chi connectivity index (χ0n) is 15.8. The van der Waals surface area contributed by atoms with Gasteiger partial charge in [-0.15, -0.1) is 0 Å². The van der Waals surface area contributed by atoms with Crippen molar-refractivity contribution in [3.05, 3.63) is 24.2 Å². The number of nitrogens with zero attached hydrogens (tertiary/aromatic N) is 6. The lowest BCUT2D eigenvalue weighted by Gasteiger charge is -2.24. The Morgan fingerprint density at radius 1 is 1.26 bits per heavy atom. The minimum atomic E-state index is -0.196. The molecule has 0 spiro atoms. The smallest absolute Gasteiger partial charge is 0.322 e. The largest absolute Gasteiger partial charge is 0.355 e. The number of carbonyl (C=O) groups is 1. The van der Waals surface area contributed by atoms with Crippen molar-refractivity contribution in [3.8, 4) is 0 Å². The van der Waals surface area contributed by atoms with E-state index in [1.54, 1.807) is 16.0 Å². The van der Waals surface area contributed by atoms with Crippen LogP contribution in [0.15, 0.2) is 22.9 Å². The Morgan fingerprint density at radius 2 is 2.07 bits per heavy atom. The van der Waals surface area contributed by atoms with Crippen LogP contribution in [0.4, 0.5) is 22.2 Å². The molecular weight excluding hydrogens is 346 g/mol. The average molecular weight is 371 g/mol. The fourth-order valence-corrected chi connectivity index (χ4v) is 3.67. The molecule has 2 amide bonds. The number of urea groups is 1. The van der Waals surface area contributed by atoms with Gasteiger partial charge in [-0.05, 0) is 43.0 Å². The number of pyridine rings is 1. The second kappa shape index (κ2) is 7.42. The van der Waals surface area contributed by atoms with Gasteiger partial charge in [-0.2, -0.15) is 4.98 Å². The van der Waals surface area contributed by atoms with Crippen LogP contribution in [-0.4, -0.2) is 59.8 Å². The van der Waals surface area contributed by atoms with Crippen LogP contribution in [0.2, 0.25) is 0 Å². The number of aromatic nitrogens is 3. The Hall–Kier alpha value is -2.84. The molecule has 2 saturated heterocycles. The van der Waals surface area contributed by atoms with Crippen LogP contribution in [0.5, 0.6) is 0 Å². The first-order chi connectivity index (χ1) is 13.1. The van der Waals surface area contributed by atoms with E-state index in [0.29, 0.717) is 18.4 Å². The summed E-state index contributed by atoms with van der Waals surface area (Å²) in [6, 6.07) is 3.40. The van der Waals surface area contributed by atoms with Crippen LogP contribution in [0.1, 0.15) is 37.6 Å². The summed E-state index contributed by atoms with van der Waals surface area (Å²) in [5.74, 6) is 1.84. The molecule has 0 aliphatic carbocycles. The number of anilines is 3. The van der Waals surface area contributed by atoms with Crippen LogP contribution in [0.3, 0.4) is 0 Å². The molecule has 4 rings (SSSR count). The van der Waals surface area contributed by atoms with Crippen LogP contribution < -0.4 is 15.1 Å². The number of nitrogens with one attached hydrogen (secondary N) is 1. The van der Waals surface area contributed by atoms with E-state index in [-0.39, 0.29) is 12.1 Å². The summed E-state index contributed by atoms with van der Waals surface area (Å²) in [5, 5.41) is 7.01. The van der Waals surface area contributed by atoms with Crippen LogP contribution in [-0.2, 0) is 0 Å². The highest BCUT2D eigenvalue weighted by atomic mass is 16.5. The molecule has 0 bridgehead atoms. The van der Waals surface area contributed by atoms with Gasteiger partial charge in [0.2, 0.25) is 0 Å². The highest BCUT2D eigenvalue weighted by Gasteiger charge is 2.34. The maximum Gasteiger partial charge on any atom is 0.322 e. The number of rotatable bonds is 4. The molecule has 2 fully saturated rings. The number of hydrogen-bond acceptors (Lipinski definition) is 7. The SMILES string of the molecule is CN(C)c1noc([C@@H]2CCCN2C(=O)Nc2cccnc2N2CCCC2)n1. The standard InChI is InChI=1S/C18H25N7O2/c1-23(2)17-21-16(27-22-17)14-8-6-12-25(14)18(26)20-13-7-5-9-19-15(13)24-10-3-4-11-24/h5,7,9,14H,3-4,6,8,10-12H2,1-2H3,(H,20,26)/t14-/m0/s1. The van der Waals surface area contributed by atoms with E-state index >= 15 is 0 Å². The predicted molar refractivity (Wildman–Crippen MR) is 102 cm³/mol. The van der Waals surface area contributed by atoms with Crippen LogP contribution >= 0.6 is 0 Å². The van der Waals surface area contributed by atoms with E-state index < -0.39 is 0 Å². The molecule has 2 aliphatic heterocycles. The number of amides is 2. The Bertz CT molecular complexity index is 801. The van der Waals surface area contributed by atoms with E-state index in [0.717, 1.165) is 50.3 Å². The van der Waals surface area contributed by atoms with Gasteiger partial charge in [-0.3, -0.25) is 0 Å². The van der Waals surface area contributed by atoms with Gasteiger partial charge in [0, 0.05) is 39.9 Å².